The average molecular weight is 170 g/mol. The molecule has 0 saturated heterocycles. The second kappa shape index (κ2) is 7.35. The molecule has 1 heteroatoms. The lowest BCUT2D eigenvalue weighted by molar-refractivity contribution is 0.112. The summed E-state index contributed by atoms with van der Waals surface area (Å²) < 4.78 is 5.49. The molecule has 0 aromatic heterocycles. The molecule has 0 aliphatic rings. The van der Waals surface area contributed by atoms with Crippen molar-refractivity contribution in [3.63, 3.8) is 0 Å². The van der Waals surface area contributed by atoms with Gasteiger partial charge in [0.05, 0.1) is 6.61 Å². The normalized spacial score (nSPS) is 12.6. The van der Waals surface area contributed by atoms with Crippen LogP contribution in [-0.2, 0) is 4.74 Å². The zero-order valence-electron chi connectivity index (χ0n) is 8.89. The molecule has 0 bridgehead atoms. The van der Waals surface area contributed by atoms with Gasteiger partial charge in [-0.1, -0.05) is 32.4 Å². The molecule has 0 fully saturated rings. The minimum atomic E-state index is 0.653. The molecule has 1 nitrogen and oxygen atoms in total. The third kappa shape index (κ3) is 6.41. The first-order chi connectivity index (χ1) is 5.70. The Morgan fingerprint density at radius 2 is 2.08 bits per heavy atom. The first-order valence-electron chi connectivity index (χ1n) is 4.92. The fourth-order valence-corrected chi connectivity index (χ4v) is 1.05. The number of allylic oxidation sites excluding steroid dienone is 1. The van der Waals surface area contributed by atoms with Crippen LogP contribution in [0.15, 0.2) is 11.6 Å². The molecule has 0 amide bonds. The summed E-state index contributed by atoms with van der Waals surface area (Å²) in [5, 5.41) is 0. The number of rotatable bonds is 6. The predicted molar refractivity (Wildman–Crippen MR) is 54.3 cm³/mol. The molecule has 0 aliphatic carbocycles. The molecule has 0 saturated carbocycles. The van der Waals surface area contributed by atoms with E-state index in [9.17, 15) is 0 Å². The van der Waals surface area contributed by atoms with Crippen molar-refractivity contribution in [2.75, 3.05) is 13.2 Å². The quantitative estimate of drug-likeness (QED) is 0.438. The molecule has 0 atom stereocenters. The SMILES string of the molecule is CC=C(CC)CCOCC(C)C. The molecule has 0 rings (SSSR count). The van der Waals surface area contributed by atoms with E-state index in [0.29, 0.717) is 5.92 Å². The van der Waals surface area contributed by atoms with Gasteiger partial charge in [0.25, 0.3) is 0 Å². The summed E-state index contributed by atoms with van der Waals surface area (Å²) in [6.07, 6.45) is 4.44. The van der Waals surface area contributed by atoms with Gasteiger partial charge >= 0.3 is 0 Å². The molecule has 0 aromatic carbocycles. The molecule has 0 spiro atoms. The Balaban J connectivity index is 3.30. The Hall–Kier alpha value is -0.300. The third-order valence-electron chi connectivity index (χ3n) is 1.88. The second-order valence-corrected chi connectivity index (χ2v) is 3.52. The molecule has 72 valence electrons. The van der Waals surface area contributed by atoms with Gasteiger partial charge in [0, 0.05) is 6.61 Å². The molecular formula is C11H22O. The fourth-order valence-electron chi connectivity index (χ4n) is 1.05. The molecule has 0 heterocycles. The summed E-state index contributed by atoms with van der Waals surface area (Å²) in [5.41, 5.74) is 1.50. The van der Waals surface area contributed by atoms with Gasteiger partial charge in [-0.3, -0.25) is 0 Å². The zero-order valence-corrected chi connectivity index (χ0v) is 8.89. The standard InChI is InChI=1S/C11H22O/c1-5-11(6-2)7-8-12-9-10(3)4/h5,10H,6-9H2,1-4H3. The van der Waals surface area contributed by atoms with Crippen LogP contribution in [0.3, 0.4) is 0 Å². The molecule has 0 N–H and O–H groups in total. The maximum Gasteiger partial charge on any atom is 0.0503 e. The van der Waals surface area contributed by atoms with Gasteiger partial charge in [-0.15, -0.1) is 0 Å². The molecule has 0 radical (unpaired) electrons. The van der Waals surface area contributed by atoms with Gasteiger partial charge in [0.2, 0.25) is 0 Å². The van der Waals surface area contributed by atoms with E-state index in [0.717, 1.165) is 26.1 Å². The Kier molecular flexibility index (Phi) is 7.17. The second-order valence-electron chi connectivity index (χ2n) is 3.52. The minimum Gasteiger partial charge on any atom is -0.381 e. The third-order valence-corrected chi connectivity index (χ3v) is 1.88. The van der Waals surface area contributed by atoms with E-state index >= 15 is 0 Å². The van der Waals surface area contributed by atoms with Gasteiger partial charge in [-0.25, -0.2) is 0 Å². The van der Waals surface area contributed by atoms with Crippen LogP contribution in [0.1, 0.15) is 40.5 Å². The number of ether oxygens (including phenoxy) is 1. The van der Waals surface area contributed by atoms with E-state index in [-0.39, 0.29) is 0 Å². The van der Waals surface area contributed by atoms with Gasteiger partial charge in [0.15, 0.2) is 0 Å². The summed E-state index contributed by atoms with van der Waals surface area (Å²) in [6.45, 7) is 10.4. The van der Waals surface area contributed by atoms with Crippen molar-refractivity contribution < 1.29 is 4.74 Å². The largest absolute Gasteiger partial charge is 0.381 e. The zero-order chi connectivity index (χ0) is 9.40. The molecular weight excluding hydrogens is 148 g/mol. The topological polar surface area (TPSA) is 9.23 Å². The first kappa shape index (κ1) is 11.7. The van der Waals surface area contributed by atoms with Crippen molar-refractivity contribution >= 4 is 0 Å². The van der Waals surface area contributed by atoms with Crippen molar-refractivity contribution in [3.05, 3.63) is 11.6 Å². The summed E-state index contributed by atoms with van der Waals surface area (Å²) in [4.78, 5) is 0. The van der Waals surface area contributed by atoms with Gasteiger partial charge < -0.3 is 4.74 Å². The lowest BCUT2D eigenvalue weighted by Crippen LogP contribution is -2.03. The fraction of sp³-hybridized carbons (Fsp3) is 0.818. The Bertz CT molecular complexity index is 125. The van der Waals surface area contributed by atoms with Crippen LogP contribution in [0.5, 0.6) is 0 Å². The maximum atomic E-state index is 5.49. The van der Waals surface area contributed by atoms with Crippen LogP contribution in [-0.4, -0.2) is 13.2 Å². The molecule has 0 unspecified atom stereocenters. The first-order valence-corrected chi connectivity index (χ1v) is 4.92. The van der Waals surface area contributed by atoms with Crippen LogP contribution in [0.25, 0.3) is 0 Å². The van der Waals surface area contributed by atoms with E-state index < -0.39 is 0 Å². The van der Waals surface area contributed by atoms with Crippen molar-refractivity contribution in [2.45, 2.75) is 40.5 Å². The Morgan fingerprint density at radius 1 is 1.42 bits per heavy atom. The lowest BCUT2D eigenvalue weighted by atomic mass is 10.1. The molecule has 12 heavy (non-hydrogen) atoms. The summed E-state index contributed by atoms with van der Waals surface area (Å²) in [6, 6.07) is 0. The highest BCUT2D eigenvalue weighted by atomic mass is 16.5. The molecule has 0 aromatic rings. The maximum absolute atomic E-state index is 5.49. The number of hydrogen-bond acceptors (Lipinski definition) is 1. The summed E-state index contributed by atoms with van der Waals surface area (Å²) in [7, 11) is 0. The van der Waals surface area contributed by atoms with E-state index in [1.807, 2.05) is 0 Å². The average Bonchev–Trinajstić information content (AvgIpc) is 2.04. The van der Waals surface area contributed by atoms with E-state index in [1.54, 1.807) is 0 Å². The van der Waals surface area contributed by atoms with E-state index in [2.05, 4.69) is 33.8 Å². The highest BCUT2D eigenvalue weighted by molar-refractivity contribution is 4.98. The monoisotopic (exact) mass is 170 g/mol. The van der Waals surface area contributed by atoms with Crippen molar-refractivity contribution in [1.29, 1.82) is 0 Å². The molecule has 0 aliphatic heterocycles. The van der Waals surface area contributed by atoms with Gasteiger partial charge in [-0.05, 0) is 25.7 Å². The minimum absolute atomic E-state index is 0.653. The van der Waals surface area contributed by atoms with E-state index in [1.165, 1.54) is 5.57 Å². The van der Waals surface area contributed by atoms with Crippen molar-refractivity contribution in [3.8, 4) is 0 Å². The highest BCUT2D eigenvalue weighted by Crippen LogP contribution is 2.06. The van der Waals surface area contributed by atoms with Crippen LogP contribution in [0, 0.1) is 5.92 Å². The summed E-state index contributed by atoms with van der Waals surface area (Å²) >= 11 is 0. The highest BCUT2D eigenvalue weighted by Gasteiger charge is 1.95. The smallest absolute Gasteiger partial charge is 0.0503 e. The number of hydrogen-bond donors (Lipinski definition) is 0. The Morgan fingerprint density at radius 3 is 2.50 bits per heavy atom. The Labute approximate surface area is 76.8 Å². The predicted octanol–water partition coefficient (Wildman–Crippen LogP) is 3.41. The van der Waals surface area contributed by atoms with Crippen LogP contribution >= 0.6 is 0 Å². The lowest BCUT2D eigenvalue weighted by Gasteiger charge is -2.07. The van der Waals surface area contributed by atoms with Crippen molar-refractivity contribution in [1.82, 2.24) is 0 Å². The van der Waals surface area contributed by atoms with Crippen LogP contribution in [0.2, 0.25) is 0 Å². The van der Waals surface area contributed by atoms with Crippen molar-refractivity contribution in [2.24, 2.45) is 5.92 Å². The van der Waals surface area contributed by atoms with E-state index in [4.69, 9.17) is 4.74 Å². The van der Waals surface area contributed by atoms with Crippen LogP contribution in [0.4, 0.5) is 0 Å². The summed E-state index contributed by atoms with van der Waals surface area (Å²) in [5.74, 6) is 0.653. The van der Waals surface area contributed by atoms with Gasteiger partial charge in [-0.2, -0.15) is 0 Å². The van der Waals surface area contributed by atoms with Crippen LogP contribution < -0.4 is 0 Å². The van der Waals surface area contributed by atoms with Gasteiger partial charge in [0.1, 0.15) is 0 Å².